The predicted octanol–water partition coefficient (Wildman–Crippen LogP) is 6.68. The molecule has 2 N–H and O–H groups in total. The topological polar surface area (TPSA) is 41.1 Å². The van der Waals surface area contributed by atoms with Crippen molar-refractivity contribution in [2.45, 2.75) is 43.4 Å². The Labute approximate surface area is 193 Å². The number of piperidine rings is 1. The number of nitrogens with one attached hydrogen (secondary N) is 2. The third-order valence-electron chi connectivity index (χ3n) is 5.59. The highest BCUT2D eigenvalue weighted by Crippen LogP contribution is 2.39. The maximum absolute atomic E-state index is 13.3. The standard InChI is InChI=1S/C23H23BrClF3N2O/c1-2-11-22(12-3-4-13-29-22)20(15-7-5-8-16(24)14-15)30-21(31)17-9-6-10-18(19(17)25)23(26,27)28/h2,5-10,14,20,29H,1,3-4,11-13H2,(H,30,31)/t20-,22+/m0/s1. The summed E-state index contributed by atoms with van der Waals surface area (Å²) in [5.41, 5.74) is -0.912. The molecule has 3 nitrogen and oxygen atoms in total. The molecule has 0 aromatic heterocycles. The Morgan fingerprint density at radius 1 is 1.29 bits per heavy atom. The van der Waals surface area contributed by atoms with E-state index in [9.17, 15) is 18.0 Å². The lowest BCUT2D eigenvalue weighted by Gasteiger charge is -2.44. The second kappa shape index (κ2) is 9.76. The van der Waals surface area contributed by atoms with Gasteiger partial charge in [0.15, 0.2) is 0 Å². The van der Waals surface area contributed by atoms with Crippen molar-refractivity contribution in [1.82, 2.24) is 10.6 Å². The Balaban J connectivity index is 2.03. The van der Waals surface area contributed by atoms with Gasteiger partial charge in [0, 0.05) is 10.0 Å². The van der Waals surface area contributed by atoms with Crippen molar-refractivity contribution in [3.05, 3.63) is 81.3 Å². The van der Waals surface area contributed by atoms with E-state index in [0.29, 0.717) is 6.42 Å². The molecule has 8 heteroatoms. The maximum atomic E-state index is 13.3. The molecule has 3 rings (SSSR count). The quantitative estimate of drug-likeness (QED) is 0.421. The summed E-state index contributed by atoms with van der Waals surface area (Å²) in [4.78, 5) is 13.2. The van der Waals surface area contributed by atoms with Gasteiger partial charge in [-0.15, -0.1) is 6.58 Å². The fraction of sp³-hybridized carbons (Fsp3) is 0.348. The Bertz CT molecular complexity index is 958. The van der Waals surface area contributed by atoms with Crippen LogP contribution < -0.4 is 10.6 Å². The molecule has 0 bridgehead atoms. The molecule has 1 saturated heterocycles. The first-order valence-corrected chi connectivity index (χ1v) is 11.1. The normalized spacial score (nSPS) is 20.2. The summed E-state index contributed by atoms with van der Waals surface area (Å²) in [5.74, 6) is -0.656. The third-order valence-corrected chi connectivity index (χ3v) is 6.49. The molecule has 2 aromatic rings. The smallest absolute Gasteiger partial charge is 0.343 e. The highest BCUT2D eigenvalue weighted by Gasteiger charge is 2.41. The molecule has 1 fully saturated rings. The van der Waals surface area contributed by atoms with Gasteiger partial charge in [0.05, 0.1) is 22.2 Å². The minimum Gasteiger partial charge on any atom is -0.343 e. The van der Waals surface area contributed by atoms with Crippen molar-refractivity contribution < 1.29 is 18.0 Å². The van der Waals surface area contributed by atoms with E-state index in [1.54, 1.807) is 6.08 Å². The molecular weight excluding hydrogens is 493 g/mol. The van der Waals surface area contributed by atoms with Crippen LogP contribution in [0, 0.1) is 0 Å². The molecule has 31 heavy (non-hydrogen) atoms. The number of rotatable bonds is 6. The van der Waals surface area contributed by atoms with E-state index >= 15 is 0 Å². The van der Waals surface area contributed by atoms with Crippen molar-refractivity contribution >= 4 is 33.4 Å². The van der Waals surface area contributed by atoms with E-state index in [0.717, 1.165) is 41.9 Å². The molecule has 166 valence electrons. The van der Waals surface area contributed by atoms with Crippen LogP contribution in [-0.4, -0.2) is 18.0 Å². The Kier molecular flexibility index (Phi) is 7.50. The van der Waals surface area contributed by atoms with Crippen LogP contribution in [0.2, 0.25) is 5.02 Å². The monoisotopic (exact) mass is 514 g/mol. The van der Waals surface area contributed by atoms with Gasteiger partial charge in [-0.1, -0.05) is 58.2 Å². The first-order valence-electron chi connectivity index (χ1n) is 9.96. The first-order chi connectivity index (χ1) is 14.7. The fourth-order valence-corrected chi connectivity index (χ4v) is 4.88. The van der Waals surface area contributed by atoms with Crippen LogP contribution in [0.3, 0.4) is 0 Å². The molecule has 2 aromatic carbocycles. The van der Waals surface area contributed by atoms with Gasteiger partial charge in [-0.3, -0.25) is 4.79 Å². The predicted molar refractivity (Wildman–Crippen MR) is 120 cm³/mol. The highest BCUT2D eigenvalue weighted by molar-refractivity contribution is 9.10. The molecule has 1 aliphatic heterocycles. The van der Waals surface area contributed by atoms with Crippen LogP contribution in [0.15, 0.2) is 59.6 Å². The van der Waals surface area contributed by atoms with E-state index in [1.165, 1.54) is 12.1 Å². The van der Waals surface area contributed by atoms with Crippen LogP contribution >= 0.6 is 27.5 Å². The van der Waals surface area contributed by atoms with Crippen LogP contribution in [0.1, 0.15) is 53.2 Å². The molecule has 2 atom stereocenters. The Morgan fingerprint density at radius 2 is 2.03 bits per heavy atom. The molecule has 0 unspecified atom stereocenters. The molecule has 0 saturated carbocycles. The summed E-state index contributed by atoms with van der Waals surface area (Å²) in [6.45, 7) is 4.65. The molecule has 1 amide bonds. The van der Waals surface area contributed by atoms with E-state index in [4.69, 9.17) is 11.6 Å². The largest absolute Gasteiger partial charge is 0.417 e. The van der Waals surface area contributed by atoms with Gasteiger partial charge >= 0.3 is 6.18 Å². The Morgan fingerprint density at radius 3 is 2.65 bits per heavy atom. The number of amides is 1. The number of carbonyl (C=O) groups excluding carboxylic acids is 1. The highest BCUT2D eigenvalue weighted by atomic mass is 79.9. The lowest BCUT2D eigenvalue weighted by Crippen LogP contribution is -2.57. The molecule has 1 heterocycles. The molecule has 0 aliphatic carbocycles. The maximum Gasteiger partial charge on any atom is 0.417 e. The summed E-state index contributed by atoms with van der Waals surface area (Å²) in [5, 5.41) is 5.91. The van der Waals surface area contributed by atoms with Crippen molar-refractivity contribution in [3.8, 4) is 0 Å². The van der Waals surface area contributed by atoms with E-state index in [1.807, 2.05) is 24.3 Å². The van der Waals surface area contributed by atoms with Crippen LogP contribution in [-0.2, 0) is 6.18 Å². The summed E-state index contributed by atoms with van der Waals surface area (Å²) < 4.78 is 40.7. The zero-order valence-corrected chi connectivity index (χ0v) is 19.1. The van der Waals surface area contributed by atoms with Crippen LogP contribution in [0.5, 0.6) is 0 Å². The Hall–Kier alpha value is -1.83. The average Bonchev–Trinajstić information content (AvgIpc) is 2.72. The van der Waals surface area contributed by atoms with Crippen molar-refractivity contribution in [2.75, 3.05) is 6.54 Å². The number of benzene rings is 2. The van der Waals surface area contributed by atoms with E-state index in [-0.39, 0.29) is 5.56 Å². The lowest BCUT2D eigenvalue weighted by atomic mass is 9.76. The number of hydrogen-bond acceptors (Lipinski definition) is 2. The van der Waals surface area contributed by atoms with Crippen LogP contribution in [0.25, 0.3) is 0 Å². The number of hydrogen-bond donors (Lipinski definition) is 2. The van der Waals surface area contributed by atoms with Crippen molar-refractivity contribution in [1.29, 1.82) is 0 Å². The second-order valence-corrected chi connectivity index (χ2v) is 8.95. The van der Waals surface area contributed by atoms with Gasteiger partial charge in [0.25, 0.3) is 5.91 Å². The summed E-state index contributed by atoms with van der Waals surface area (Å²) in [6.07, 6.45) is 0.495. The zero-order chi connectivity index (χ0) is 22.6. The van der Waals surface area contributed by atoms with Crippen LogP contribution in [0.4, 0.5) is 13.2 Å². The van der Waals surface area contributed by atoms with Crippen molar-refractivity contribution in [2.24, 2.45) is 0 Å². The average molecular weight is 516 g/mol. The first kappa shape index (κ1) is 23.8. The summed E-state index contributed by atoms with van der Waals surface area (Å²) in [6, 6.07) is 10.4. The zero-order valence-electron chi connectivity index (χ0n) is 16.7. The van der Waals surface area contributed by atoms with E-state index in [2.05, 4.69) is 33.1 Å². The molecule has 0 spiro atoms. The van der Waals surface area contributed by atoms with Gasteiger partial charge in [-0.25, -0.2) is 0 Å². The molecular formula is C23H23BrClF3N2O. The lowest BCUT2D eigenvalue weighted by molar-refractivity contribution is -0.137. The van der Waals surface area contributed by atoms with Gasteiger partial charge in [0.1, 0.15) is 0 Å². The SMILES string of the molecule is C=CC[C@]1([C@@H](NC(=O)c2cccc(C(F)(F)F)c2Cl)c2cccc(Br)c2)CCCCN1. The minimum atomic E-state index is -4.65. The second-order valence-electron chi connectivity index (χ2n) is 7.66. The number of alkyl halides is 3. The number of carbonyl (C=O) groups is 1. The minimum absolute atomic E-state index is 0.207. The van der Waals surface area contributed by atoms with Gasteiger partial charge in [-0.05, 0) is 55.6 Å². The van der Waals surface area contributed by atoms with Gasteiger partial charge < -0.3 is 10.6 Å². The summed E-state index contributed by atoms with van der Waals surface area (Å²) >= 11 is 9.47. The molecule has 0 radical (unpaired) electrons. The fourth-order valence-electron chi connectivity index (χ4n) is 4.15. The third kappa shape index (κ3) is 5.33. The van der Waals surface area contributed by atoms with Gasteiger partial charge in [0.2, 0.25) is 0 Å². The summed E-state index contributed by atoms with van der Waals surface area (Å²) in [7, 11) is 0. The van der Waals surface area contributed by atoms with Crippen molar-refractivity contribution in [3.63, 3.8) is 0 Å². The van der Waals surface area contributed by atoms with Gasteiger partial charge in [-0.2, -0.15) is 13.2 Å². The number of halogens is 5. The van der Waals surface area contributed by atoms with E-state index < -0.39 is 34.3 Å². The molecule has 1 aliphatic rings.